The van der Waals surface area contributed by atoms with Crippen molar-refractivity contribution in [2.45, 2.75) is 69.0 Å². The van der Waals surface area contributed by atoms with E-state index in [9.17, 15) is 14.4 Å². The number of imide groups is 1. The molecule has 2 aliphatic carbocycles. The van der Waals surface area contributed by atoms with Gasteiger partial charge in [0.1, 0.15) is 5.54 Å². The van der Waals surface area contributed by atoms with E-state index < -0.39 is 11.6 Å². The van der Waals surface area contributed by atoms with Gasteiger partial charge >= 0.3 is 12.1 Å². The van der Waals surface area contributed by atoms with Crippen LogP contribution in [0, 0.1) is 0 Å². The Morgan fingerprint density at radius 3 is 2.00 bits per heavy atom. The summed E-state index contributed by atoms with van der Waals surface area (Å²) in [6.07, 6.45) is 6.33. The van der Waals surface area contributed by atoms with Crippen molar-refractivity contribution in [3.63, 3.8) is 0 Å². The molecule has 2 fully saturated rings. The van der Waals surface area contributed by atoms with Crippen molar-refractivity contribution in [2.75, 3.05) is 0 Å². The highest BCUT2D eigenvalue weighted by molar-refractivity contribution is 6.07. The molecule has 1 heterocycles. The first kappa shape index (κ1) is 17.8. The van der Waals surface area contributed by atoms with Crippen molar-refractivity contribution in [3.05, 3.63) is 35.4 Å². The number of urea groups is 2. The minimum Gasteiger partial charge on any atom is -0.335 e. The third kappa shape index (κ3) is 3.77. The van der Waals surface area contributed by atoms with Gasteiger partial charge in [0.05, 0.1) is 0 Å². The molecule has 1 saturated carbocycles. The van der Waals surface area contributed by atoms with E-state index in [-0.39, 0.29) is 24.0 Å². The van der Waals surface area contributed by atoms with E-state index in [2.05, 4.69) is 45.5 Å². The van der Waals surface area contributed by atoms with Gasteiger partial charge in [-0.2, -0.15) is 0 Å². The number of benzene rings is 1. The van der Waals surface area contributed by atoms with Gasteiger partial charge in [-0.15, -0.1) is 0 Å². The third-order valence-corrected chi connectivity index (χ3v) is 6.17. The first-order valence-electron chi connectivity index (χ1n) is 9.81. The van der Waals surface area contributed by atoms with Crippen molar-refractivity contribution < 1.29 is 14.4 Å². The normalized spacial score (nSPS) is 28.1. The van der Waals surface area contributed by atoms with Gasteiger partial charge in [-0.25, -0.2) is 9.59 Å². The second kappa shape index (κ2) is 7.21. The van der Waals surface area contributed by atoms with Gasteiger partial charge in [0.2, 0.25) is 0 Å². The van der Waals surface area contributed by atoms with Crippen LogP contribution in [0.4, 0.5) is 9.59 Å². The first-order chi connectivity index (χ1) is 13.0. The zero-order valence-electron chi connectivity index (χ0n) is 15.3. The lowest BCUT2D eigenvalue weighted by Crippen LogP contribution is -2.54. The summed E-state index contributed by atoms with van der Waals surface area (Å²) < 4.78 is 0. The van der Waals surface area contributed by atoms with E-state index in [1.807, 2.05) is 0 Å². The van der Waals surface area contributed by atoms with E-state index in [1.54, 1.807) is 0 Å². The average Bonchev–Trinajstić information content (AvgIpc) is 2.81. The summed E-state index contributed by atoms with van der Waals surface area (Å²) in [5, 5.41) is 11.2. The SMILES string of the molecule is O=C(NC1CCc2ccccc2CC1)NC1CCC2(CC1)NC(=O)NC2=O. The lowest BCUT2D eigenvalue weighted by atomic mass is 9.79. The van der Waals surface area contributed by atoms with Gasteiger partial charge in [0.15, 0.2) is 0 Å². The molecule has 1 aromatic carbocycles. The molecule has 144 valence electrons. The first-order valence-corrected chi connectivity index (χ1v) is 9.81. The van der Waals surface area contributed by atoms with Gasteiger partial charge in [0.25, 0.3) is 5.91 Å². The zero-order valence-corrected chi connectivity index (χ0v) is 15.3. The fourth-order valence-electron chi connectivity index (χ4n) is 4.54. The monoisotopic (exact) mass is 370 g/mol. The van der Waals surface area contributed by atoms with Crippen LogP contribution < -0.4 is 21.3 Å². The predicted molar refractivity (Wildman–Crippen MR) is 100 cm³/mol. The number of hydrogen-bond acceptors (Lipinski definition) is 3. The average molecular weight is 370 g/mol. The molecule has 1 aliphatic heterocycles. The van der Waals surface area contributed by atoms with Gasteiger partial charge < -0.3 is 16.0 Å². The number of rotatable bonds is 2. The van der Waals surface area contributed by atoms with E-state index in [4.69, 9.17) is 0 Å². The molecule has 5 amide bonds. The standard InChI is InChI=1S/C20H26N4O3/c25-17-20(24-19(27)23-17)11-9-16(10-12-20)22-18(26)21-15-7-5-13-3-1-2-4-14(13)6-8-15/h1-4,15-16H,5-12H2,(H2,21,22,26)(H2,23,24,25,27). The van der Waals surface area contributed by atoms with Gasteiger partial charge in [-0.05, 0) is 62.5 Å². The smallest absolute Gasteiger partial charge is 0.322 e. The maximum atomic E-state index is 12.4. The van der Waals surface area contributed by atoms with Crippen molar-refractivity contribution in [3.8, 4) is 0 Å². The van der Waals surface area contributed by atoms with E-state index in [0.29, 0.717) is 25.7 Å². The third-order valence-electron chi connectivity index (χ3n) is 6.17. The fourth-order valence-corrected chi connectivity index (χ4v) is 4.54. The lowest BCUT2D eigenvalue weighted by Gasteiger charge is -2.35. The molecule has 7 nitrogen and oxygen atoms in total. The second-order valence-corrected chi connectivity index (χ2v) is 7.93. The number of hydrogen-bond donors (Lipinski definition) is 4. The summed E-state index contributed by atoms with van der Waals surface area (Å²) >= 11 is 0. The molecule has 1 aromatic rings. The Hall–Kier alpha value is -2.57. The highest BCUT2D eigenvalue weighted by atomic mass is 16.2. The highest BCUT2D eigenvalue weighted by Crippen LogP contribution is 2.31. The van der Waals surface area contributed by atoms with Crippen molar-refractivity contribution in [1.29, 1.82) is 0 Å². The van der Waals surface area contributed by atoms with Crippen LogP contribution in [0.25, 0.3) is 0 Å². The number of aryl methyl sites for hydroxylation is 2. The maximum Gasteiger partial charge on any atom is 0.322 e. The van der Waals surface area contributed by atoms with E-state index in [1.165, 1.54) is 11.1 Å². The second-order valence-electron chi connectivity index (χ2n) is 7.93. The molecular weight excluding hydrogens is 344 g/mol. The molecule has 4 N–H and O–H groups in total. The Bertz CT molecular complexity index is 728. The van der Waals surface area contributed by atoms with Crippen LogP contribution in [0.3, 0.4) is 0 Å². The van der Waals surface area contributed by atoms with Crippen molar-refractivity contribution >= 4 is 18.0 Å². The molecular formula is C20H26N4O3. The Labute approximate surface area is 158 Å². The Morgan fingerprint density at radius 2 is 1.48 bits per heavy atom. The van der Waals surface area contributed by atoms with Gasteiger partial charge in [-0.1, -0.05) is 24.3 Å². The van der Waals surface area contributed by atoms with Crippen LogP contribution in [0.15, 0.2) is 24.3 Å². The minimum absolute atomic E-state index is 0.0314. The number of amides is 5. The summed E-state index contributed by atoms with van der Waals surface area (Å²) in [5.74, 6) is -0.242. The summed E-state index contributed by atoms with van der Waals surface area (Å²) in [4.78, 5) is 35.8. The molecule has 0 unspecified atom stereocenters. The summed E-state index contributed by atoms with van der Waals surface area (Å²) in [7, 11) is 0. The molecule has 1 saturated heterocycles. The molecule has 0 atom stereocenters. The highest BCUT2D eigenvalue weighted by Gasteiger charge is 2.48. The molecule has 1 spiro atoms. The lowest BCUT2D eigenvalue weighted by molar-refractivity contribution is -0.125. The van der Waals surface area contributed by atoms with Crippen molar-refractivity contribution in [1.82, 2.24) is 21.3 Å². The van der Waals surface area contributed by atoms with E-state index >= 15 is 0 Å². The van der Waals surface area contributed by atoms with Crippen LogP contribution in [-0.4, -0.2) is 35.6 Å². The Morgan fingerprint density at radius 1 is 0.926 bits per heavy atom. The number of fused-ring (bicyclic) bond motifs is 1. The summed E-state index contributed by atoms with van der Waals surface area (Å²) in [6, 6.07) is 8.15. The fraction of sp³-hybridized carbons (Fsp3) is 0.550. The molecule has 7 heteroatoms. The molecule has 4 rings (SSSR count). The van der Waals surface area contributed by atoms with Crippen LogP contribution >= 0.6 is 0 Å². The van der Waals surface area contributed by atoms with Gasteiger partial charge in [0, 0.05) is 12.1 Å². The predicted octanol–water partition coefficient (Wildman–Crippen LogP) is 1.75. The maximum absolute atomic E-state index is 12.4. The molecule has 0 aromatic heterocycles. The van der Waals surface area contributed by atoms with Gasteiger partial charge in [-0.3, -0.25) is 10.1 Å². The number of carbonyl (C=O) groups is 3. The number of nitrogens with one attached hydrogen (secondary N) is 4. The van der Waals surface area contributed by atoms with Crippen LogP contribution in [0.5, 0.6) is 0 Å². The zero-order chi connectivity index (χ0) is 18.9. The summed E-state index contributed by atoms with van der Waals surface area (Å²) in [5.41, 5.74) is 1.99. The number of carbonyl (C=O) groups excluding carboxylic acids is 3. The van der Waals surface area contributed by atoms with Crippen LogP contribution in [-0.2, 0) is 17.6 Å². The van der Waals surface area contributed by atoms with Crippen LogP contribution in [0.2, 0.25) is 0 Å². The van der Waals surface area contributed by atoms with Crippen molar-refractivity contribution in [2.24, 2.45) is 0 Å². The topological polar surface area (TPSA) is 99.3 Å². The minimum atomic E-state index is -0.779. The Kier molecular flexibility index (Phi) is 4.76. The molecule has 27 heavy (non-hydrogen) atoms. The van der Waals surface area contributed by atoms with E-state index in [0.717, 1.165) is 25.7 Å². The van der Waals surface area contributed by atoms with Crippen LogP contribution in [0.1, 0.15) is 49.7 Å². The molecule has 0 bridgehead atoms. The Balaban J connectivity index is 1.25. The largest absolute Gasteiger partial charge is 0.335 e. The quantitative estimate of drug-likeness (QED) is 0.471. The molecule has 0 radical (unpaired) electrons. The molecule has 3 aliphatic rings. The summed E-state index contributed by atoms with van der Waals surface area (Å²) in [6.45, 7) is 0.